The van der Waals surface area contributed by atoms with Gasteiger partial charge in [-0.15, -0.1) is 11.3 Å². The Morgan fingerprint density at radius 2 is 1.89 bits per heavy atom. The molecule has 0 N–H and O–H groups in total. The molecule has 4 rings (SSSR count). The molecule has 2 aromatic rings. The molecule has 0 atom stereocenters. The van der Waals surface area contributed by atoms with E-state index in [0.29, 0.717) is 23.5 Å². The summed E-state index contributed by atoms with van der Waals surface area (Å²) in [5.74, 6) is -0.736. The van der Waals surface area contributed by atoms with Crippen LogP contribution in [-0.2, 0) is 10.1 Å². The largest absolute Gasteiger partial charge is 0.534 e. The lowest BCUT2D eigenvalue weighted by molar-refractivity contribution is -0.0501. The minimum atomic E-state index is -5.83. The van der Waals surface area contributed by atoms with E-state index in [1.54, 1.807) is 4.90 Å². The predicted octanol–water partition coefficient (Wildman–Crippen LogP) is 3.42. The van der Waals surface area contributed by atoms with E-state index in [2.05, 4.69) is 14.2 Å². The van der Waals surface area contributed by atoms with Crippen LogP contribution in [0.3, 0.4) is 0 Å². The second-order valence-corrected chi connectivity index (χ2v) is 9.35. The third kappa shape index (κ3) is 3.54. The van der Waals surface area contributed by atoms with Crippen molar-refractivity contribution < 1.29 is 30.6 Å². The van der Waals surface area contributed by atoms with Gasteiger partial charge in [0, 0.05) is 18.7 Å². The Labute approximate surface area is 162 Å². The molecule has 152 valence electrons. The van der Waals surface area contributed by atoms with Crippen LogP contribution in [0.15, 0.2) is 6.20 Å². The van der Waals surface area contributed by atoms with E-state index in [0.717, 1.165) is 55.2 Å². The maximum Gasteiger partial charge on any atom is 0.534 e. The minimum Gasteiger partial charge on any atom is -0.353 e. The second kappa shape index (κ2) is 6.83. The number of amides is 1. The molecular weight excluding hydrogens is 419 g/mol. The summed E-state index contributed by atoms with van der Waals surface area (Å²) in [5.41, 5.74) is -4.38. The summed E-state index contributed by atoms with van der Waals surface area (Å²) in [6.07, 6.45) is 5.57. The summed E-state index contributed by atoms with van der Waals surface area (Å²) < 4.78 is 64.0. The van der Waals surface area contributed by atoms with E-state index in [1.165, 1.54) is 0 Å². The molecule has 1 saturated carbocycles. The first-order valence-corrected chi connectivity index (χ1v) is 11.0. The predicted molar refractivity (Wildman–Crippen MR) is 94.7 cm³/mol. The van der Waals surface area contributed by atoms with Crippen LogP contribution in [0.2, 0.25) is 0 Å². The Morgan fingerprint density at radius 3 is 2.50 bits per heavy atom. The van der Waals surface area contributed by atoms with E-state index < -0.39 is 21.5 Å². The number of nitrogens with zero attached hydrogens (tertiary/aromatic N) is 3. The highest BCUT2D eigenvalue weighted by Gasteiger charge is 2.49. The molecule has 2 aromatic heterocycles. The van der Waals surface area contributed by atoms with E-state index in [1.807, 2.05) is 0 Å². The first-order valence-electron chi connectivity index (χ1n) is 8.77. The average molecular weight is 435 g/mol. The second-order valence-electron chi connectivity index (χ2n) is 6.82. The Kier molecular flexibility index (Phi) is 4.73. The number of carbonyl (C=O) groups is 1. The highest BCUT2D eigenvalue weighted by atomic mass is 32.2. The van der Waals surface area contributed by atoms with Crippen molar-refractivity contribution in [2.24, 2.45) is 0 Å². The number of likely N-dealkylation sites (tertiary alicyclic amines) is 1. The van der Waals surface area contributed by atoms with Gasteiger partial charge in [0.25, 0.3) is 11.8 Å². The van der Waals surface area contributed by atoms with Gasteiger partial charge in [-0.1, -0.05) is 0 Å². The lowest BCUT2D eigenvalue weighted by Gasteiger charge is -2.26. The number of carbonyl (C=O) groups excluding carboxylic acids is 1. The molecule has 0 bridgehead atoms. The molecule has 2 aliphatic rings. The van der Waals surface area contributed by atoms with Gasteiger partial charge in [0.15, 0.2) is 0 Å². The fourth-order valence-corrected chi connectivity index (χ4v) is 4.80. The first kappa shape index (κ1) is 19.4. The number of aromatic nitrogens is 2. The monoisotopic (exact) mass is 435 g/mol. The maximum atomic E-state index is 13.0. The fraction of sp³-hybridized carbons (Fsp3) is 0.562. The standard InChI is InChI=1S/C16H16F3N3O4S2/c17-16(18,19)28(24,25)26-10-8-20-12-11(9-4-5-9)13(27-14(12)21-10)15(23)22-6-2-1-3-7-22/h8-9H,1-7H2. The summed E-state index contributed by atoms with van der Waals surface area (Å²) in [6, 6.07) is 0. The van der Waals surface area contributed by atoms with Crippen LogP contribution < -0.4 is 4.18 Å². The Balaban J connectivity index is 1.71. The van der Waals surface area contributed by atoms with Gasteiger partial charge in [0.1, 0.15) is 10.3 Å². The third-order valence-electron chi connectivity index (χ3n) is 4.72. The number of thiophene rings is 1. The van der Waals surface area contributed by atoms with E-state index in [9.17, 15) is 26.4 Å². The lowest BCUT2D eigenvalue weighted by atomic mass is 10.1. The van der Waals surface area contributed by atoms with Crippen molar-refractivity contribution in [2.75, 3.05) is 13.1 Å². The average Bonchev–Trinajstić information content (AvgIpc) is 3.40. The molecule has 1 aliphatic carbocycles. The summed E-state index contributed by atoms with van der Waals surface area (Å²) in [7, 11) is -5.83. The molecule has 0 radical (unpaired) electrons. The van der Waals surface area contributed by atoms with Crippen molar-refractivity contribution in [1.82, 2.24) is 14.9 Å². The van der Waals surface area contributed by atoms with Crippen LogP contribution >= 0.6 is 11.3 Å². The molecule has 2 fully saturated rings. The molecule has 7 nitrogen and oxygen atoms in total. The molecule has 3 heterocycles. The van der Waals surface area contributed by atoms with Gasteiger partial charge in [0.05, 0.1) is 11.1 Å². The number of fused-ring (bicyclic) bond motifs is 1. The quantitative estimate of drug-likeness (QED) is 0.540. The number of piperidine rings is 1. The molecule has 0 unspecified atom stereocenters. The summed E-state index contributed by atoms with van der Waals surface area (Å²) in [4.78, 5) is 23.4. The van der Waals surface area contributed by atoms with Crippen molar-refractivity contribution in [3.05, 3.63) is 16.6 Å². The van der Waals surface area contributed by atoms with Crippen LogP contribution in [0.1, 0.15) is 53.3 Å². The van der Waals surface area contributed by atoms with E-state index in [4.69, 9.17) is 0 Å². The van der Waals surface area contributed by atoms with Gasteiger partial charge in [-0.25, -0.2) is 4.98 Å². The lowest BCUT2D eigenvalue weighted by Crippen LogP contribution is -2.35. The Hall–Kier alpha value is -1.95. The Morgan fingerprint density at radius 1 is 1.21 bits per heavy atom. The highest BCUT2D eigenvalue weighted by Crippen LogP contribution is 2.47. The first-order chi connectivity index (χ1) is 13.2. The van der Waals surface area contributed by atoms with Crippen LogP contribution in [0.4, 0.5) is 13.2 Å². The number of hydrogen-bond donors (Lipinski definition) is 0. The van der Waals surface area contributed by atoms with Crippen LogP contribution in [0, 0.1) is 0 Å². The van der Waals surface area contributed by atoms with Crippen LogP contribution in [-0.4, -0.2) is 47.8 Å². The zero-order valence-corrected chi connectivity index (χ0v) is 16.2. The Bertz CT molecular complexity index is 1030. The normalized spacial score (nSPS) is 18.5. The zero-order chi connectivity index (χ0) is 20.1. The van der Waals surface area contributed by atoms with Gasteiger partial charge < -0.3 is 9.08 Å². The molecule has 12 heteroatoms. The molecule has 1 saturated heterocycles. The summed E-state index contributed by atoms with van der Waals surface area (Å²) >= 11 is 1.02. The maximum absolute atomic E-state index is 13.0. The molecule has 28 heavy (non-hydrogen) atoms. The summed E-state index contributed by atoms with van der Waals surface area (Å²) in [5, 5.41) is 0. The number of rotatable bonds is 4. The van der Waals surface area contributed by atoms with Crippen molar-refractivity contribution in [2.45, 2.75) is 43.5 Å². The number of halogens is 3. The fourth-order valence-electron chi connectivity index (χ4n) is 3.22. The number of alkyl halides is 3. The van der Waals surface area contributed by atoms with Gasteiger partial charge in [-0.2, -0.15) is 26.6 Å². The van der Waals surface area contributed by atoms with Crippen molar-refractivity contribution >= 4 is 37.7 Å². The van der Waals surface area contributed by atoms with Crippen LogP contribution in [0.5, 0.6) is 5.88 Å². The minimum absolute atomic E-state index is 0.128. The molecule has 1 amide bonds. The molecule has 1 aliphatic heterocycles. The van der Waals surface area contributed by atoms with Crippen molar-refractivity contribution in [1.29, 1.82) is 0 Å². The van der Waals surface area contributed by atoms with E-state index in [-0.39, 0.29) is 16.7 Å². The van der Waals surface area contributed by atoms with Gasteiger partial charge in [-0.3, -0.25) is 4.79 Å². The molecule has 0 spiro atoms. The van der Waals surface area contributed by atoms with Crippen molar-refractivity contribution in [3.8, 4) is 5.88 Å². The molecular formula is C16H16F3N3O4S2. The third-order valence-corrected chi connectivity index (χ3v) is 6.75. The van der Waals surface area contributed by atoms with Gasteiger partial charge in [-0.05, 0) is 38.0 Å². The van der Waals surface area contributed by atoms with Gasteiger partial charge in [0.2, 0.25) is 0 Å². The summed E-state index contributed by atoms with van der Waals surface area (Å²) in [6.45, 7) is 1.33. The van der Waals surface area contributed by atoms with Crippen LogP contribution in [0.25, 0.3) is 10.3 Å². The van der Waals surface area contributed by atoms with Crippen molar-refractivity contribution in [3.63, 3.8) is 0 Å². The SMILES string of the molecule is O=C(c1sc2nc(OS(=O)(=O)C(F)(F)F)cnc2c1C1CC1)N1CCCCC1. The zero-order valence-electron chi connectivity index (χ0n) is 14.5. The van der Waals surface area contributed by atoms with E-state index >= 15 is 0 Å². The highest BCUT2D eigenvalue weighted by molar-refractivity contribution is 7.87. The number of hydrogen-bond acceptors (Lipinski definition) is 7. The smallest absolute Gasteiger partial charge is 0.353 e. The van der Waals surface area contributed by atoms with Gasteiger partial charge >= 0.3 is 15.6 Å². The topological polar surface area (TPSA) is 89.5 Å². The molecule has 0 aromatic carbocycles.